The number of halogens is 1. The van der Waals surface area contributed by atoms with Gasteiger partial charge in [-0.1, -0.05) is 12.1 Å². The average molecular weight is 454 g/mol. The average Bonchev–Trinajstić information content (AvgIpc) is 2.72. The van der Waals surface area contributed by atoms with E-state index in [9.17, 15) is 26.0 Å². The van der Waals surface area contributed by atoms with Crippen LogP contribution in [-0.2, 0) is 30.9 Å². The van der Waals surface area contributed by atoms with E-state index in [-0.39, 0.29) is 22.1 Å². The summed E-state index contributed by atoms with van der Waals surface area (Å²) in [4.78, 5) is 14.5. The Labute approximate surface area is 176 Å². The van der Waals surface area contributed by atoms with Gasteiger partial charge in [0.2, 0.25) is 5.91 Å². The quantitative estimate of drug-likeness (QED) is 0.628. The predicted octanol–water partition coefficient (Wildman–Crippen LogP) is 2.63. The van der Waals surface area contributed by atoms with Crippen LogP contribution in [0.4, 0.5) is 4.39 Å². The predicted molar refractivity (Wildman–Crippen MR) is 111 cm³/mol. The minimum atomic E-state index is -3.55. The van der Waals surface area contributed by atoms with Crippen molar-refractivity contribution in [2.75, 3.05) is 19.3 Å². The zero-order chi connectivity index (χ0) is 21.9. The monoisotopic (exact) mass is 453 g/mol. The zero-order valence-electron chi connectivity index (χ0n) is 16.6. The molecule has 30 heavy (non-hydrogen) atoms. The van der Waals surface area contributed by atoms with E-state index in [1.165, 1.54) is 24.3 Å². The molecular formula is C21H24FNO5S2. The molecule has 0 N–H and O–H groups in total. The molecule has 0 aromatic heterocycles. The molecule has 1 saturated heterocycles. The number of hydrogen-bond donors (Lipinski definition) is 0. The zero-order valence-corrected chi connectivity index (χ0v) is 18.3. The van der Waals surface area contributed by atoms with Crippen molar-refractivity contribution in [2.45, 2.75) is 40.7 Å². The van der Waals surface area contributed by atoms with E-state index in [1.807, 2.05) is 0 Å². The highest BCUT2D eigenvalue weighted by molar-refractivity contribution is 7.92. The number of rotatable bonds is 6. The highest BCUT2D eigenvalue weighted by atomic mass is 32.2. The highest BCUT2D eigenvalue weighted by Crippen LogP contribution is 2.25. The number of carbonyl (C=O) groups excluding carboxylic acids is 1. The van der Waals surface area contributed by atoms with Gasteiger partial charge in [0.15, 0.2) is 19.7 Å². The molecule has 1 amide bonds. The number of sulfone groups is 2. The molecule has 9 heteroatoms. The lowest BCUT2D eigenvalue weighted by molar-refractivity contribution is -0.132. The molecule has 1 fully saturated rings. The Bertz CT molecular complexity index is 1100. The van der Waals surface area contributed by atoms with E-state index >= 15 is 0 Å². The maximum Gasteiger partial charge on any atom is 0.222 e. The lowest BCUT2D eigenvalue weighted by Crippen LogP contribution is -2.42. The largest absolute Gasteiger partial charge is 0.343 e. The standard InChI is InChI=1S/C21H24FNO5S2/c1-29(25,26)18-7-2-16(3-8-18)4-11-21(24)23-14-12-20(13-15-23)30(27,28)19-9-5-17(22)6-10-19/h2-3,5-10,20H,4,11-15H2,1H3. The van der Waals surface area contributed by atoms with Crippen LogP contribution >= 0.6 is 0 Å². The van der Waals surface area contributed by atoms with Gasteiger partial charge in [0.05, 0.1) is 15.0 Å². The van der Waals surface area contributed by atoms with Gasteiger partial charge in [-0.25, -0.2) is 21.2 Å². The second-order valence-electron chi connectivity index (χ2n) is 7.50. The molecule has 0 saturated carbocycles. The molecule has 1 heterocycles. The molecule has 0 radical (unpaired) electrons. The first-order valence-corrected chi connectivity index (χ1v) is 13.1. The summed E-state index contributed by atoms with van der Waals surface area (Å²) in [7, 11) is -6.80. The van der Waals surface area contributed by atoms with Gasteiger partial charge in [-0.15, -0.1) is 0 Å². The van der Waals surface area contributed by atoms with Crippen LogP contribution < -0.4 is 0 Å². The third-order valence-corrected chi connectivity index (χ3v) is 8.76. The van der Waals surface area contributed by atoms with Crippen molar-refractivity contribution < 1.29 is 26.0 Å². The van der Waals surface area contributed by atoms with Crippen LogP contribution in [0.15, 0.2) is 58.3 Å². The Hall–Kier alpha value is -2.26. The van der Waals surface area contributed by atoms with E-state index in [1.54, 1.807) is 17.0 Å². The van der Waals surface area contributed by atoms with Crippen molar-refractivity contribution in [1.29, 1.82) is 0 Å². The summed E-state index contributed by atoms with van der Waals surface area (Å²) in [5, 5.41) is -0.587. The number of likely N-dealkylation sites (tertiary alicyclic amines) is 1. The number of piperidine rings is 1. The first-order valence-electron chi connectivity index (χ1n) is 9.63. The first kappa shape index (κ1) is 22.4. The Morgan fingerprint density at radius 2 is 1.47 bits per heavy atom. The third kappa shape index (κ3) is 5.26. The van der Waals surface area contributed by atoms with Crippen LogP contribution in [0.25, 0.3) is 0 Å². The van der Waals surface area contributed by atoms with Gasteiger partial charge in [0.25, 0.3) is 0 Å². The third-order valence-electron chi connectivity index (χ3n) is 5.35. The molecule has 2 aromatic rings. The summed E-state index contributed by atoms with van der Waals surface area (Å²) in [5.74, 6) is -0.542. The van der Waals surface area contributed by atoms with Gasteiger partial charge in [0.1, 0.15) is 5.82 Å². The lowest BCUT2D eigenvalue weighted by atomic mass is 10.1. The van der Waals surface area contributed by atoms with Gasteiger partial charge in [-0.05, 0) is 61.2 Å². The molecule has 2 aromatic carbocycles. The van der Waals surface area contributed by atoms with Crippen molar-refractivity contribution in [2.24, 2.45) is 0 Å². The number of nitrogens with zero attached hydrogens (tertiary/aromatic N) is 1. The molecule has 162 valence electrons. The number of hydrogen-bond acceptors (Lipinski definition) is 5. The molecule has 6 nitrogen and oxygen atoms in total. The maximum absolute atomic E-state index is 13.1. The van der Waals surface area contributed by atoms with Gasteiger partial charge >= 0.3 is 0 Å². The summed E-state index contributed by atoms with van der Waals surface area (Å²) in [6.07, 6.45) is 2.58. The Kier molecular flexibility index (Phi) is 6.62. The smallest absolute Gasteiger partial charge is 0.222 e. The van der Waals surface area contributed by atoms with Crippen molar-refractivity contribution in [3.05, 3.63) is 59.9 Å². The second kappa shape index (κ2) is 8.85. The molecule has 0 unspecified atom stereocenters. The van der Waals surface area contributed by atoms with Crippen LogP contribution in [-0.4, -0.2) is 52.2 Å². The van der Waals surface area contributed by atoms with Crippen molar-refractivity contribution >= 4 is 25.6 Å². The summed E-state index contributed by atoms with van der Waals surface area (Å²) in [5.41, 5.74) is 0.865. The van der Waals surface area contributed by atoms with Crippen molar-refractivity contribution in [3.8, 4) is 0 Å². The van der Waals surface area contributed by atoms with E-state index in [2.05, 4.69) is 0 Å². The molecular weight excluding hydrogens is 429 g/mol. The number of benzene rings is 2. The first-order chi connectivity index (χ1) is 14.1. The molecule has 1 aliphatic rings. The summed E-state index contributed by atoms with van der Waals surface area (Å²) in [6, 6.07) is 11.3. The normalized spacial score (nSPS) is 15.9. The summed E-state index contributed by atoms with van der Waals surface area (Å²) >= 11 is 0. The topological polar surface area (TPSA) is 88.6 Å². The van der Waals surface area contributed by atoms with E-state index in [0.717, 1.165) is 24.0 Å². The Balaban J connectivity index is 1.53. The Morgan fingerprint density at radius 3 is 2.00 bits per heavy atom. The fourth-order valence-corrected chi connectivity index (χ4v) is 5.91. The van der Waals surface area contributed by atoms with Crippen molar-refractivity contribution in [1.82, 2.24) is 4.90 Å². The minimum Gasteiger partial charge on any atom is -0.343 e. The number of aryl methyl sites for hydroxylation is 1. The van der Waals surface area contributed by atoms with Crippen molar-refractivity contribution in [3.63, 3.8) is 0 Å². The molecule has 0 atom stereocenters. The summed E-state index contributed by atoms with van der Waals surface area (Å²) < 4.78 is 61.5. The fourth-order valence-electron chi connectivity index (χ4n) is 3.54. The van der Waals surface area contributed by atoms with E-state index in [0.29, 0.717) is 32.4 Å². The number of carbonyl (C=O) groups is 1. The Morgan fingerprint density at radius 1 is 0.933 bits per heavy atom. The molecule has 1 aliphatic heterocycles. The van der Waals surface area contributed by atoms with Crippen LogP contribution in [0, 0.1) is 5.82 Å². The van der Waals surface area contributed by atoms with Crippen LogP contribution in [0.3, 0.4) is 0 Å². The van der Waals surface area contributed by atoms with E-state index in [4.69, 9.17) is 0 Å². The number of amides is 1. The van der Waals surface area contributed by atoms with E-state index < -0.39 is 30.7 Å². The highest BCUT2D eigenvalue weighted by Gasteiger charge is 2.32. The second-order valence-corrected chi connectivity index (χ2v) is 11.7. The van der Waals surface area contributed by atoms with Crippen LogP contribution in [0.1, 0.15) is 24.8 Å². The SMILES string of the molecule is CS(=O)(=O)c1ccc(CCC(=O)N2CCC(S(=O)(=O)c3ccc(F)cc3)CC2)cc1. The maximum atomic E-state index is 13.1. The van der Waals surface area contributed by atoms with Gasteiger partial charge in [0, 0.05) is 25.8 Å². The van der Waals surface area contributed by atoms with Gasteiger partial charge < -0.3 is 4.90 Å². The minimum absolute atomic E-state index is 0.0557. The van der Waals surface area contributed by atoms with Gasteiger partial charge in [-0.2, -0.15) is 0 Å². The van der Waals surface area contributed by atoms with Gasteiger partial charge in [-0.3, -0.25) is 4.79 Å². The van der Waals surface area contributed by atoms with Crippen LogP contribution in [0.2, 0.25) is 0 Å². The fraction of sp³-hybridized carbons (Fsp3) is 0.381. The molecule has 0 bridgehead atoms. The van der Waals surface area contributed by atoms with Crippen LogP contribution in [0.5, 0.6) is 0 Å². The molecule has 3 rings (SSSR count). The molecule has 0 aliphatic carbocycles. The lowest BCUT2D eigenvalue weighted by Gasteiger charge is -2.32. The summed E-state index contributed by atoms with van der Waals surface area (Å²) in [6.45, 7) is 0.716. The molecule has 0 spiro atoms.